The van der Waals surface area contributed by atoms with Crippen LogP contribution in [0, 0.1) is 5.82 Å². The van der Waals surface area contributed by atoms with Gasteiger partial charge in [-0.1, -0.05) is 11.6 Å². The van der Waals surface area contributed by atoms with E-state index in [1.165, 1.54) is 4.31 Å². The summed E-state index contributed by atoms with van der Waals surface area (Å²) in [5.41, 5.74) is 5.21. The minimum absolute atomic E-state index is 0.125. The van der Waals surface area contributed by atoms with Gasteiger partial charge in [0.05, 0.1) is 10.7 Å². The molecule has 1 aromatic rings. The summed E-state index contributed by atoms with van der Waals surface area (Å²) in [4.78, 5) is -0.125. The van der Waals surface area contributed by atoms with Crippen molar-refractivity contribution in [2.75, 3.05) is 30.3 Å². The second kappa shape index (κ2) is 5.87. The third kappa shape index (κ3) is 3.16. The van der Waals surface area contributed by atoms with Crippen LogP contribution in [0.3, 0.4) is 0 Å². The number of sulfonamides is 1. The predicted octanol–water partition coefficient (Wildman–Crippen LogP) is 2.19. The topological polar surface area (TPSA) is 63.4 Å². The third-order valence-electron chi connectivity index (χ3n) is 2.85. The molecule has 1 fully saturated rings. The summed E-state index contributed by atoms with van der Waals surface area (Å²) in [5.74, 6) is 0.967. The van der Waals surface area contributed by atoms with E-state index in [0.717, 1.165) is 30.1 Å². The van der Waals surface area contributed by atoms with Crippen molar-refractivity contribution in [2.24, 2.45) is 0 Å². The molecule has 0 aromatic heterocycles. The smallest absolute Gasteiger partial charge is 0.244 e. The van der Waals surface area contributed by atoms with Gasteiger partial charge in [-0.2, -0.15) is 16.1 Å². The molecule has 19 heavy (non-hydrogen) atoms. The number of nitrogens with zero attached hydrogens (tertiary/aromatic N) is 1. The molecule has 1 saturated heterocycles. The molecular formula is C11H14ClFN2O2S2. The van der Waals surface area contributed by atoms with Gasteiger partial charge in [0.25, 0.3) is 0 Å². The van der Waals surface area contributed by atoms with Gasteiger partial charge in [-0.25, -0.2) is 12.8 Å². The number of nitrogens with two attached hydrogens (primary N) is 1. The van der Waals surface area contributed by atoms with Gasteiger partial charge in [0.2, 0.25) is 10.0 Å². The van der Waals surface area contributed by atoms with E-state index in [1.807, 2.05) is 0 Å². The van der Waals surface area contributed by atoms with Crippen LogP contribution in [0.4, 0.5) is 10.1 Å². The lowest BCUT2D eigenvalue weighted by molar-refractivity contribution is 0.435. The maximum absolute atomic E-state index is 13.2. The van der Waals surface area contributed by atoms with Crippen molar-refractivity contribution in [3.63, 3.8) is 0 Å². The number of rotatable bonds is 2. The molecule has 0 saturated carbocycles. The van der Waals surface area contributed by atoms with E-state index in [1.54, 1.807) is 11.8 Å². The molecule has 4 nitrogen and oxygen atoms in total. The van der Waals surface area contributed by atoms with Crippen LogP contribution in [0.1, 0.15) is 6.42 Å². The number of hydrogen-bond donors (Lipinski definition) is 1. The van der Waals surface area contributed by atoms with Crippen LogP contribution in [-0.2, 0) is 10.0 Å². The third-order valence-corrected chi connectivity index (χ3v) is 6.26. The predicted molar refractivity (Wildman–Crippen MR) is 76.5 cm³/mol. The Morgan fingerprint density at radius 2 is 2.05 bits per heavy atom. The van der Waals surface area contributed by atoms with Gasteiger partial charge in [0.1, 0.15) is 10.7 Å². The van der Waals surface area contributed by atoms with Crippen LogP contribution in [0.15, 0.2) is 17.0 Å². The molecule has 1 aromatic carbocycles. The van der Waals surface area contributed by atoms with Gasteiger partial charge in [-0.3, -0.25) is 0 Å². The second-order valence-corrected chi connectivity index (χ2v) is 7.71. The van der Waals surface area contributed by atoms with Crippen molar-refractivity contribution in [1.29, 1.82) is 0 Å². The van der Waals surface area contributed by atoms with Crippen molar-refractivity contribution in [2.45, 2.75) is 11.3 Å². The van der Waals surface area contributed by atoms with Crippen molar-refractivity contribution in [3.8, 4) is 0 Å². The lowest BCUT2D eigenvalue weighted by Gasteiger charge is -2.20. The van der Waals surface area contributed by atoms with Crippen molar-refractivity contribution >= 4 is 39.1 Å². The normalized spacial score (nSPS) is 18.2. The minimum Gasteiger partial charge on any atom is -0.396 e. The largest absolute Gasteiger partial charge is 0.396 e. The molecule has 1 aliphatic heterocycles. The molecule has 1 heterocycles. The highest BCUT2D eigenvalue weighted by Gasteiger charge is 2.28. The summed E-state index contributed by atoms with van der Waals surface area (Å²) in [7, 11) is -3.71. The van der Waals surface area contributed by atoms with Crippen LogP contribution < -0.4 is 5.73 Å². The van der Waals surface area contributed by atoms with Crippen molar-refractivity contribution in [1.82, 2.24) is 4.31 Å². The number of benzene rings is 1. The van der Waals surface area contributed by atoms with Crippen LogP contribution in [0.2, 0.25) is 5.02 Å². The van der Waals surface area contributed by atoms with Crippen LogP contribution in [-0.4, -0.2) is 37.3 Å². The molecule has 1 aliphatic rings. The first-order valence-corrected chi connectivity index (χ1v) is 8.72. The molecular weight excluding hydrogens is 311 g/mol. The van der Waals surface area contributed by atoms with Gasteiger partial charge in [-0.15, -0.1) is 0 Å². The summed E-state index contributed by atoms with van der Waals surface area (Å²) >= 11 is 7.56. The van der Waals surface area contributed by atoms with E-state index < -0.39 is 15.8 Å². The fraction of sp³-hybridized carbons (Fsp3) is 0.455. The van der Waals surface area contributed by atoms with Crippen molar-refractivity contribution in [3.05, 3.63) is 23.0 Å². The summed E-state index contributed by atoms with van der Waals surface area (Å²) in [6.07, 6.45) is 0.790. The molecule has 0 spiro atoms. The van der Waals surface area contributed by atoms with Gasteiger partial charge >= 0.3 is 0 Å². The van der Waals surface area contributed by atoms with Crippen molar-refractivity contribution < 1.29 is 12.8 Å². The maximum Gasteiger partial charge on any atom is 0.244 e. The first kappa shape index (κ1) is 14.9. The minimum atomic E-state index is -3.71. The van der Waals surface area contributed by atoms with Gasteiger partial charge in [0.15, 0.2) is 0 Å². The quantitative estimate of drug-likeness (QED) is 0.847. The molecule has 2 rings (SSSR count). The molecule has 0 aliphatic carbocycles. The molecule has 2 N–H and O–H groups in total. The number of nitrogen functional groups attached to an aromatic ring is 1. The molecule has 106 valence electrons. The zero-order chi connectivity index (χ0) is 14.0. The Balaban J connectivity index is 2.41. The van der Waals surface area contributed by atoms with Gasteiger partial charge in [0, 0.05) is 18.8 Å². The highest BCUT2D eigenvalue weighted by molar-refractivity contribution is 7.99. The second-order valence-electron chi connectivity index (χ2n) is 4.17. The van der Waals surface area contributed by atoms with Crippen LogP contribution in [0.5, 0.6) is 0 Å². The number of hydrogen-bond acceptors (Lipinski definition) is 4. The Labute approximate surface area is 121 Å². The van der Waals surface area contributed by atoms with E-state index in [4.69, 9.17) is 17.3 Å². The summed E-state index contributed by atoms with van der Waals surface area (Å²) in [6, 6.07) is 2.03. The zero-order valence-electron chi connectivity index (χ0n) is 10.1. The van der Waals surface area contributed by atoms with E-state index in [9.17, 15) is 12.8 Å². The summed E-state index contributed by atoms with van der Waals surface area (Å²) in [5, 5.41) is -0.136. The average Bonchev–Trinajstić information content (AvgIpc) is 2.62. The average molecular weight is 325 g/mol. The number of halogens is 2. The van der Waals surface area contributed by atoms with Gasteiger partial charge in [-0.05, 0) is 24.3 Å². The Morgan fingerprint density at radius 1 is 1.32 bits per heavy atom. The van der Waals surface area contributed by atoms with Gasteiger partial charge < -0.3 is 5.73 Å². The number of thioether (sulfide) groups is 1. The first-order valence-electron chi connectivity index (χ1n) is 5.75. The fourth-order valence-corrected chi connectivity index (χ4v) is 4.85. The Hall–Kier alpha value is -0.500. The Kier molecular flexibility index (Phi) is 4.60. The summed E-state index contributed by atoms with van der Waals surface area (Å²) in [6.45, 7) is 0.879. The molecule has 0 atom stereocenters. The first-order chi connectivity index (χ1) is 8.93. The molecule has 0 amide bonds. The monoisotopic (exact) mass is 324 g/mol. The molecule has 0 bridgehead atoms. The lowest BCUT2D eigenvalue weighted by atomic mass is 10.3. The molecule has 8 heteroatoms. The molecule has 0 radical (unpaired) electrons. The Morgan fingerprint density at radius 3 is 2.79 bits per heavy atom. The van der Waals surface area contributed by atoms with E-state index >= 15 is 0 Å². The standard InChI is InChI=1S/C11H14ClFN2O2S2/c12-8-6-9(13)10(14)7-11(8)19(16,17)15-2-1-4-18-5-3-15/h6-7H,1-5,14H2. The SMILES string of the molecule is Nc1cc(S(=O)(=O)N2CCCSCC2)c(Cl)cc1F. The van der Waals surface area contributed by atoms with E-state index in [2.05, 4.69) is 0 Å². The Bertz CT molecular complexity index is 572. The zero-order valence-corrected chi connectivity index (χ0v) is 12.5. The maximum atomic E-state index is 13.2. The highest BCUT2D eigenvalue weighted by atomic mass is 35.5. The van der Waals surface area contributed by atoms with E-state index in [0.29, 0.717) is 13.1 Å². The van der Waals surface area contributed by atoms with Crippen LogP contribution >= 0.6 is 23.4 Å². The lowest BCUT2D eigenvalue weighted by Crippen LogP contribution is -2.33. The van der Waals surface area contributed by atoms with E-state index in [-0.39, 0.29) is 15.6 Å². The van der Waals surface area contributed by atoms with Crippen LogP contribution in [0.25, 0.3) is 0 Å². The highest BCUT2D eigenvalue weighted by Crippen LogP contribution is 2.29. The summed E-state index contributed by atoms with van der Waals surface area (Å²) < 4.78 is 39.6. The fourth-order valence-electron chi connectivity index (χ4n) is 1.85. The molecule has 0 unspecified atom stereocenters. The number of anilines is 1.